The Kier molecular flexibility index (Phi) is 9.00. The quantitative estimate of drug-likeness (QED) is 0.590. The standard InChI is InChI=1S/C11H26N2O2/c1-10(2)13(7-8-14)11(9-15-3)5-4-6-12/h10-11,14H,4-9,12H2,1-3H3. The van der Waals surface area contributed by atoms with Crippen molar-refractivity contribution < 1.29 is 9.84 Å². The monoisotopic (exact) mass is 218 g/mol. The molecule has 0 spiro atoms. The summed E-state index contributed by atoms with van der Waals surface area (Å²) in [5, 5.41) is 9.02. The Hall–Kier alpha value is -0.160. The summed E-state index contributed by atoms with van der Waals surface area (Å²) in [5.74, 6) is 0. The molecule has 0 aromatic heterocycles. The molecule has 4 nitrogen and oxygen atoms in total. The second kappa shape index (κ2) is 9.09. The van der Waals surface area contributed by atoms with E-state index in [2.05, 4.69) is 18.7 Å². The Morgan fingerprint density at radius 1 is 1.40 bits per heavy atom. The van der Waals surface area contributed by atoms with E-state index in [-0.39, 0.29) is 6.61 Å². The van der Waals surface area contributed by atoms with Gasteiger partial charge in [-0.15, -0.1) is 0 Å². The van der Waals surface area contributed by atoms with Gasteiger partial charge in [-0.25, -0.2) is 0 Å². The van der Waals surface area contributed by atoms with Gasteiger partial charge >= 0.3 is 0 Å². The van der Waals surface area contributed by atoms with Gasteiger partial charge in [0.25, 0.3) is 0 Å². The van der Waals surface area contributed by atoms with Gasteiger partial charge in [0.2, 0.25) is 0 Å². The molecule has 1 atom stereocenters. The van der Waals surface area contributed by atoms with Crippen molar-refractivity contribution in [1.82, 2.24) is 4.90 Å². The first-order chi connectivity index (χ1) is 7.17. The van der Waals surface area contributed by atoms with Crippen molar-refractivity contribution in [1.29, 1.82) is 0 Å². The van der Waals surface area contributed by atoms with Gasteiger partial charge in [-0.3, -0.25) is 4.90 Å². The van der Waals surface area contributed by atoms with Gasteiger partial charge in [-0.2, -0.15) is 0 Å². The van der Waals surface area contributed by atoms with Gasteiger partial charge in [0.15, 0.2) is 0 Å². The molecule has 4 heteroatoms. The van der Waals surface area contributed by atoms with Gasteiger partial charge < -0.3 is 15.6 Å². The third kappa shape index (κ3) is 6.10. The van der Waals surface area contributed by atoms with Crippen molar-refractivity contribution in [3.8, 4) is 0 Å². The molecule has 0 fully saturated rings. The maximum absolute atomic E-state index is 9.02. The zero-order valence-corrected chi connectivity index (χ0v) is 10.3. The maximum atomic E-state index is 9.02. The molecule has 0 aromatic carbocycles. The first-order valence-corrected chi connectivity index (χ1v) is 5.73. The molecule has 0 aliphatic rings. The van der Waals surface area contributed by atoms with Crippen molar-refractivity contribution in [3.63, 3.8) is 0 Å². The van der Waals surface area contributed by atoms with Crippen molar-refractivity contribution in [2.24, 2.45) is 5.73 Å². The third-order valence-electron chi connectivity index (χ3n) is 2.59. The molecule has 3 N–H and O–H groups in total. The van der Waals surface area contributed by atoms with Crippen LogP contribution in [-0.2, 0) is 4.74 Å². The summed E-state index contributed by atoms with van der Waals surface area (Å²) >= 11 is 0. The molecule has 15 heavy (non-hydrogen) atoms. The maximum Gasteiger partial charge on any atom is 0.0618 e. The van der Waals surface area contributed by atoms with Crippen LogP contribution in [0.15, 0.2) is 0 Å². The highest BCUT2D eigenvalue weighted by molar-refractivity contribution is 4.74. The number of hydrogen-bond acceptors (Lipinski definition) is 4. The average molecular weight is 218 g/mol. The number of methoxy groups -OCH3 is 1. The van der Waals surface area contributed by atoms with Crippen molar-refractivity contribution >= 4 is 0 Å². The Bertz CT molecular complexity index is 143. The van der Waals surface area contributed by atoms with Crippen LogP contribution in [0.2, 0.25) is 0 Å². The highest BCUT2D eigenvalue weighted by atomic mass is 16.5. The molecule has 0 radical (unpaired) electrons. The molecule has 0 rings (SSSR count). The predicted molar refractivity (Wildman–Crippen MR) is 62.9 cm³/mol. The van der Waals surface area contributed by atoms with E-state index in [1.807, 2.05) is 0 Å². The zero-order chi connectivity index (χ0) is 11.7. The van der Waals surface area contributed by atoms with Crippen LogP contribution in [0.25, 0.3) is 0 Å². The fraction of sp³-hybridized carbons (Fsp3) is 1.00. The molecular formula is C11H26N2O2. The van der Waals surface area contributed by atoms with Gasteiger partial charge in [0, 0.05) is 25.7 Å². The van der Waals surface area contributed by atoms with Gasteiger partial charge in [0.1, 0.15) is 0 Å². The fourth-order valence-corrected chi connectivity index (χ4v) is 1.87. The second-order valence-corrected chi connectivity index (χ2v) is 4.10. The summed E-state index contributed by atoms with van der Waals surface area (Å²) in [6.45, 7) is 6.60. The van der Waals surface area contributed by atoms with E-state index in [0.29, 0.717) is 31.8 Å². The van der Waals surface area contributed by atoms with E-state index in [4.69, 9.17) is 15.6 Å². The lowest BCUT2D eigenvalue weighted by molar-refractivity contribution is 0.0517. The molecule has 0 aliphatic carbocycles. The van der Waals surface area contributed by atoms with Crippen LogP contribution in [-0.4, -0.2) is 55.5 Å². The minimum atomic E-state index is 0.195. The average Bonchev–Trinajstić information content (AvgIpc) is 2.21. The molecule has 1 unspecified atom stereocenters. The Morgan fingerprint density at radius 2 is 2.07 bits per heavy atom. The summed E-state index contributed by atoms with van der Waals surface area (Å²) in [4.78, 5) is 2.28. The molecule has 0 aromatic rings. The van der Waals surface area contributed by atoms with Crippen LogP contribution in [0, 0.1) is 0 Å². The Labute approximate surface area is 93.4 Å². The van der Waals surface area contributed by atoms with E-state index in [0.717, 1.165) is 12.8 Å². The number of aliphatic hydroxyl groups excluding tert-OH is 1. The first kappa shape index (κ1) is 14.8. The number of ether oxygens (including phenoxy) is 1. The fourth-order valence-electron chi connectivity index (χ4n) is 1.87. The second-order valence-electron chi connectivity index (χ2n) is 4.10. The first-order valence-electron chi connectivity index (χ1n) is 5.73. The van der Waals surface area contributed by atoms with Crippen LogP contribution in [0.5, 0.6) is 0 Å². The van der Waals surface area contributed by atoms with E-state index in [9.17, 15) is 0 Å². The summed E-state index contributed by atoms with van der Waals surface area (Å²) in [6, 6.07) is 0.792. The molecule has 0 saturated carbocycles. The van der Waals surface area contributed by atoms with Crippen LogP contribution >= 0.6 is 0 Å². The van der Waals surface area contributed by atoms with Crippen LogP contribution in [0.1, 0.15) is 26.7 Å². The minimum Gasteiger partial charge on any atom is -0.395 e. The molecule has 0 heterocycles. The largest absolute Gasteiger partial charge is 0.395 e. The predicted octanol–water partition coefficient (Wildman–Crippen LogP) is 0.443. The minimum absolute atomic E-state index is 0.195. The zero-order valence-electron chi connectivity index (χ0n) is 10.3. The van der Waals surface area contributed by atoms with E-state index in [1.54, 1.807) is 7.11 Å². The third-order valence-corrected chi connectivity index (χ3v) is 2.59. The lowest BCUT2D eigenvalue weighted by Crippen LogP contribution is -2.44. The van der Waals surface area contributed by atoms with Gasteiger partial charge in [-0.1, -0.05) is 0 Å². The van der Waals surface area contributed by atoms with Gasteiger partial charge in [-0.05, 0) is 33.2 Å². The summed E-state index contributed by atoms with van der Waals surface area (Å²) in [5.41, 5.74) is 5.51. The summed E-state index contributed by atoms with van der Waals surface area (Å²) in [7, 11) is 1.72. The molecule has 0 aliphatic heterocycles. The van der Waals surface area contributed by atoms with Crippen molar-refractivity contribution in [3.05, 3.63) is 0 Å². The topological polar surface area (TPSA) is 58.7 Å². The smallest absolute Gasteiger partial charge is 0.0618 e. The lowest BCUT2D eigenvalue weighted by atomic mass is 10.1. The molecule has 0 saturated heterocycles. The molecule has 0 bridgehead atoms. The van der Waals surface area contributed by atoms with Crippen LogP contribution < -0.4 is 5.73 Å². The van der Waals surface area contributed by atoms with Crippen molar-refractivity contribution in [2.75, 3.05) is 33.4 Å². The number of hydrogen-bond donors (Lipinski definition) is 2. The highest BCUT2D eigenvalue weighted by Crippen LogP contribution is 2.11. The Morgan fingerprint density at radius 3 is 2.47 bits per heavy atom. The number of nitrogens with two attached hydrogens (primary N) is 1. The Balaban J connectivity index is 4.23. The normalized spacial score (nSPS) is 13.8. The highest BCUT2D eigenvalue weighted by Gasteiger charge is 2.19. The van der Waals surface area contributed by atoms with E-state index < -0.39 is 0 Å². The van der Waals surface area contributed by atoms with E-state index >= 15 is 0 Å². The van der Waals surface area contributed by atoms with Crippen molar-refractivity contribution in [2.45, 2.75) is 38.8 Å². The summed E-state index contributed by atoms with van der Waals surface area (Å²) < 4.78 is 5.21. The number of aliphatic hydroxyl groups is 1. The number of rotatable bonds is 9. The van der Waals surface area contributed by atoms with Crippen LogP contribution in [0.4, 0.5) is 0 Å². The SMILES string of the molecule is COCC(CCCN)N(CCO)C(C)C. The molecular weight excluding hydrogens is 192 g/mol. The number of nitrogens with zero attached hydrogens (tertiary/aromatic N) is 1. The lowest BCUT2D eigenvalue weighted by Gasteiger charge is -2.34. The van der Waals surface area contributed by atoms with E-state index in [1.165, 1.54) is 0 Å². The van der Waals surface area contributed by atoms with Crippen LogP contribution in [0.3, 0.4) is 0 Å². The molecule has 92 valence electrons. The van der Waals surface area contributed by atoms with Gasteiger partial charge in [0.05, 0.1) is 13.2 Å². The molecule has 0 amide bonds. The summed E-state index contributed by atoms with van der Waals surface area (Å²) in [6.07, 6.45) is 2.03.